The molecule has 0 N–H and O–H groups in total. The smallest absolute Gasteiger partial charge is 0.168 e. The van der Waals surface area contributed by atoms with Crippen LogP contribution in [-0.2, 0) is 9.47 Å². The van der Waals surface area contributed by atoms with Crippen LogP contribution >= 0.6 is 0 Å². The summed E-state index contributed by atoms with van der Waals surface area (Å²) < 4.78 is 11.5. The van der Waals surface area contributed by atoms with Gasteiger partial charge in [-0.05, 0) is 38.8 Å². The van der Waals surface area contributed by atoms with Gasteiger partial charge in [0.25, 0.3) is 0 Å². The minimum atomic E-state index is -0.199. The average Bonchev–Trinajstić information content (AvgIpc) is 2.75. The molecule has 0 radical (unpaired) electrons. The van der Waals surface area contributed by atoms with Crippen LogP contribution in [0, 0.1) is 5.92 Å². The highest BCUT2D eigenvalue weighted by Crippen LogP contribution is 2.37. The van der Waals surface area contributed by atoms with E-state index >= 15 is 0 Å². The van der Waals surface area contributed by atoms with Crippen LogP contribution in [0.25, 0.3) is 0 Å². The van der Waals surface area contributed by atoms with E-state index < -0.39 is 0 Å². The molecule has 0 bridgehead atoms. The van der Waals surface area contributed by atoms with Gasteiger partial charge >= 0.3 is 0 Å². The quantitative estimate of drug-likeness (QED) is 0.755. The van der Waals surface area contributed by atoms with E-state index in [2.05, 4.69) is 25.8 Å². The van der Waals surface area contributed by atoms with E-state index in [0.29, 0.717) is 0 Å². The van der Waals surface area contributed by atoms with E-state index in [9.17, 15) is 0 Å². The molecule has 1 saturated carbocycles. The number of hydrogen-bond donors (Lipinski definition) is 0. The van der Waals surface area contributed by atoms with Crippen LogP contribution in [0.5, 0.6) is 0 Å². The molecule has 0 atom stereocenters. The van der Waals surface area contributed by atoms with Gasteiger partial charge in [0.15, 0.2) is 5.79 Å². The van der Waals surface area contributed by atoms with Gasteiger partial charge in [0, 0.05) is 18.9 Å². The highest BCUT2D eigenvalue weighted by atomic mass is 16.7. The lowest BCUT2D eigenvalue weighted by atomic mass is 9.89. The molecule has 0 unspecified atom stereocenters. The maximum atomic E-state index is 5.77. The third-order valence-electron chi connectivity index (χ3n) is 4.21. The van der Waals surface area contributed by atoms with Crippen molar-refractivity contribution in [3.05, 3.63) is 0 Å². The molecule has 0 aromatic heterocycles. The van der Waals surface area contributed by atoms with Gasteiger partial charge in [-0.3, -0.25) is 0 Å². The van der Waals surface area contributed by atoms with E-state index in [1.54, 1.807) is 0 Å². The summed E-state index contributed by atoms with van der Waals surface area (Å²) in [5.41, 5.74) is 0. The summed E-state index contributed by atoms with van der Waals surface area (Å²) in [7, 11) is 2.27. The highest BCUT2D eigenvalue weighted by Gasteiger charge is 2.40. The van der Waals surface area contributed by atoms with E-state index in [-0.39, 0.29) is 5.79 Å². The molecule has 2 fully saturated rings. The van der Waals surface area contributed by atoms with Crippen LogP contribution in [0.1, 0.15) is 46.0 Å². The molecule has 3 nitrogen and oxygen atoms in total. The molecular formula is C14H27NO2. The third-order valence-corrected chi connectivity index (χ3v) is 4.21. The van der Waals surface area contributed by atoms with Crippen molar-refractivity contribution in [2.24, 2.45) is 5.92 Å². The summed E-state index contributed by atoms with van der Waals surface area (Å²) >= 11 is 0. The fraction of sp³-hybridized carbons (Fsp3) is 1.00. The zero-order chi connectivity index (χ0) is 12.3. The SMILES string of the molecule is CC(C)CCN(C)C1CCC2(CC1)OCCO2. The molecule has 2 aliphatic rings. The fourth-order valence-corrected chi connectivity index (χ4v) is 2.91. The minimum absolute atomic E-state index is 0.199. The Labute approximate surface area is 105 Å². The standard InChI is InChI=1S/C14H27NO2/c1-12(2)6-9-15(3)13-4-7-14(8-5-13)16-10-11-17-14/h12-13H,4-11H2,1-3H3. The molecule has 1 aliphatic carbocycles. The van der Waals surface area contributed by atoms with Gasteiger partial charge in [-0.2, -0.15) is 0 Å². The fourth-order valence-electron chi connectivity index (χ4n) is 2.91. The Morgan fingerprint density at radius 1 is 1.18 bits per heavy atom. The van der Waals surface area contributed by atoms with Gasteiger partial charge in [-0.1, -0.05) is 13.8 Å². The topological polar surface area (TPSA) is 21.7 Å². The summed E-state index contributed by atoms with van der Waals surface area (Å²) in [5.74, 6) is 0.601. The molecule has 1 saturated heterocycles. The Balaban J connectivity index is 1.74. The maximum Gasteiger partial charge on any atom is 0.168 e. The highest BCUT2D eigenvalue weighted by molar-refractivity contribution is 4.86. The number of hydrogen-bond acceptors (Lipinski definition) is 3. The Morgan fingerprint density at radius 2 is 1.76 bits per heavy atom. The first-order valence-corrected chi connectivity index (χ1v) is 7.09. The van der Waals surface area contributed by atoms with Crippen LogP contribution in [0.2, 0.25) is 0 Å². The molecule has 0 aromatic rings. The first-order chi connectivity index (χ1) is 8.11. The Hall–Kier alpha value is -0.120. The first kappa shape index (κ1) is 13.3. The summed E-state index contributed by atoms with van der Waals surface area (Å²) in [6, 6.07) is 0.729. The van der Waals surface area contributed by atoms with Gasteiger partial charge in [0.05, 0.1) is 13.2 Å². The Bertz CT molecular complexity index is 226. The molecule has 3 heteroatoms. The van der Waals surface area contributed by atoms with Gasteiger partial charge in [0.1, 0.15) is 0 Å². The van der Waals surface area contributed by atoms with Crippen LogP contribution in [0.15, 0.2) is 0 Å². The van der Waals surface area contributed by atoms with E-state index in [1.165, 1.54) is 25.8 Å². The van der Waals surface area contributed by atoms with Crippen LogP contribution in [0.3, 0.4) is 0 Å². The second kappa shape index (κ2) is 5.68. The van der Waals surface area contributed by atoms with Crippen molar-refractivity contribution < 1.29 is 9.47 Å². The molecule has 1 aliphatic heterocycles. The van der Waals surface area contributed by atoms with E-state index in [0.717, 1.165) is 38.0 Å². The van der Waals surface area contributed by atoms with Crippen molar-refractivity contribution in [2.75, 3.05) is 26.8 Å². The van der Waals surface area contributed by atoms with Gasteiger partial charge in [-0.25, -0.2) is 0 Å². The molecule has 2 rings (SSSR count). The van der Waals surface area contributed by atoms with Crippen molar-refractivity contribution in [3.63, 3.8) is 0 Å². The molecule has 17 heavy (non-hydrogen) atoms. The van der Waals surface area contributed by atoms with Crippen LogP contribution < -0.4 is 0 Å². The predicted octanol–water partition coefficient (Wildman–Crippen LogP) is 2.65. The van der Waals surface area contributed by atoms with Gasteiger partial charge in [-0.15, -0.1) is 0 Å². The second-order valence-corrected chi connectivity index (χ2v) is 6.00. The minimum Gasteiger partial charge on any atom is -0.348 e. The number of ether oxygens (including phenoxy) is 2. The lowest BCUT2D eigenvalue weighted by molar-refractivity contribution is -0.183. The Morgan fingerprint density at radius 3 is 2.29 bits per heavy atom. The predicted molar refractivity (Wildman–Crippen MR) is 69.0 cm³/mol. The maximum absolute atomic E-state index is 5.77. The summed E-state index contributed by atoms with van der Waals surface area (Å²) in [4.78, 5) is 2.53. The summed E-state index contributed by atoms with van der Waals surface area (Å²) in [6.07, 6.45) is 5.88. The van der Waals surface area contributed by atoms with Crippen molar-refractivity contribution in [1.29, 1.82) is 0 Å². The number of nitrogens with zero attached hydrogens (tertiary/aromatic N) is 1. The van der Waals surface area contributed by atoms with Crippen LogP contribution in [-0.4, -0.2) is 43.5 Å². The largest absolute Gasteiger partial charge is 0.348 e. The zero-order valence-electron chi connectivity index (χ0n) is 11.6. The molecule has 0 amide bonds. The molecule has 100 valence electrons. The lowest BCUT2D eigenvalue weighted by Crippen LogP contribution is -2.43. The molecule has 0 aromatic carbocycles. The summed E-state index contributed by atoms with van der Waals surface area (Å²) in [6.45, 7) is 7.38. The normalized spacial score (nSPS) is 25.2. The zero-order valence-corrected chi connectivity index (χ0v) is 11.6. The molecule has 1 spiro atoms. The van der Waals surface area contributed by atoms with E-state index in [4.69, 9.17) is 9.47 Å². The molecule has 1 heterocycles. The van der Waals surface area contributed by atoms with E-state index in [1.807, 2.05) is 0 Å². The lowest BCUT2D eigenvalue weighted by Gasteiger charge is -2.39. The second-order valence-electron chi connectivity index (χ2n) is 6.00. The number of rotatable bonds is 4. The van der Waals surface area contributed by atoms with Crippen molar-refractivity contribution >= 4 is 0 Å². The van der Waals surface area contributed by atoms with Gasteiger partial charge < -0.3 is 14.4 Å². The monoisotopic (exact) mass is 241 g/mol. The van der Waals surface area contributed by atoms with Crippen molar-refractivity contribution in [3.8, 4) is 0 Å². The summed E-state index contributed by atoms with van der Waals surface area (Å²) in [5, 5.41) is 0. The third kappa shape index (κ3) is 3.43. The first-order valence-electron chi connectivity index (χ1n) is 7.09. The Kier molecular flexibility index (Phi) is 4.45. The average molecular weight is 241 g/mol. The van der Waals surface area contributed by atoms with Gasteiger partial charge in [0.2, 0.25) is 0 Å². The molecular weight excluding hydrogens is 214 g/mol. The van der Waals surface area contributed by atoms with Crippen LogP contribution in [0.4, 0.5) is 0 Å². The van der Waals surface area contributed by atoms with Crippen molar-refractivity contribution in [2.45, 2.75) is 57.8 Å². The van der Waals surface area contributed by atoms with Crippen molar-refractivity contribution in [1.82, 2.24) is 4.90 Å².